The van der Waals surface area contributed by atoms with Crippen LogP contribution in [0.1, 0.15) is 40.0 Å². The largest absolute Gasteiger partial charge is 0.377 e. The molecule has 1 aliphatic carbocycles. The van der Waals surface area contributed by atoms with Gasteiger partial charge in [-0.15, -0.1) is 0 Å². The number of hydrogen-bond donors (Lipinski definition) is 2. The molecule has 116 valence electrons. The van der Waals surface area contributed by atoms with Crippen LogP contribution >= 0.6 is 0 Å². The van der Waals surface area contributed by atoms with Crippen molar-refractivity contribution in [1.29, 1.82) is 0 Å². The summed E-state index contributed by atoms with van der Waals surface area (Å²) >= 11 is 0. The molecule has 1 saturated heterocycles. The fraction of sp³-hybridized carbons (Fsp3) is 0.923. The van der Waals surface area contributed by atoms with Crippen molar-refractivity contribution in [3.63, 3.8) is 0 Å². The molecule has 6 nitrogen and oxygen atoms in total. The zero-order valence-electron chi connectivity index (χ0n) is 12.3. The highest BCUT2D eigenvalue weighted by atomic mass is 32.2. The van der Waals surface area contributed by atoms with Crippen molar-refractivity contribution in [2.24, 2.45) is 17.1 Å². The Balaban J connectivity index is 2.20. The van der Waals surface area contributed by atoms with Crippen LogP contribution in [-0.2, 0) is 19.6 Å². The number of sulfonamides is 1. The van der Waals surface area contributed by atoms with E-state index in [0.29, 0.717) is 13.0 Å². The number of hydrogen-bond acceptors (Lipinski definition) is 5. The summed E-state index contributed by atoms with van der Waals surface area (Å²) in [4.78, 5) is 12.4. The van der Waals surface area contributed by atoms with Gasteiger partial charge >= 0.3 is 0 Å². The van der Waals surface area contributed by atoms with Crippen LogP contribution in [0, 0.1) is 11.3 Å². The number of nitrogens with one attached hydrogen (secondary N) is 1. The summed E-state index contributed by atoms with van der Waals surface area (Å²) in [5, 5.41) is 0. The predicted molar refractivity (Wildman–Crippen MR) is 75.4 cm³/mol. The van der Waals surface area contributed by atoms with Gasteiger partial charge in [-0.3, -0.25) is 9.52 Å². The monoisotopic (exact) mass is 304 g/mol. The van der Waals surface area contributed by atoms with E-state index in [1.807, 2.05) is 13.8 Å². The van der Waals surface area contributed by atoms with Crippen molar-refractivity contribution >= 4 is 15.9 Å². The van der Waals surface area contributed by atoms with E-state index in [-0.39, 0.29) is 17.8 Å². The highest BCUT2D eigenvalue weighted by molar-refractivity contribution is 7.90. The number of ether oxygens (including phenoxy) is 1. The molecule has 1 heterocycles. The Bertz CT molecular complexity index is 503. The van der Waals surface area contributed by atoms with Crippen molar-refractivity contribution < 1.29 is 17.9 Å². The van der Waals surface area contributed by atoms with Gasteiger partial charge in [-0.25, -0.2) is 8.42 Å². The van der Waals surface area contributed by atoms with Crippen LogP contribution in [0.2, 0.25) is 0 Å². The van der Waals surface area contributed by atoms with Crippen molar-refractivity contribution in [1.82, 2.24) is 4.72 Å². The lowest BCUT2D eigenvalue weighted by atomic mass is 9.46. The first-order valence-electron chi connectivity index (χ1n) is 7.12. The fourth-order valence-electron chi connectivity index (χ4n) is 3.58. The van der Waals surface area contributed by atoms with Gasteiger partial charge in [-0.05, 0) is 19.3 Å². The summed E-state index contributed by atoms with van der Waals surface area (Å²) in [7, 11) is -3.60. The summed E-state index contributed by atoms with van der Waals surface area (Å²) < 4.78 is 31.4. The molecule has 2 rings (SSSR count). The van der Waals surface area contributed by atoms with E-state index >= 15 is 0 Å². The molecule has 3 unspecified atom stereocenters. The second-order valence-corrected chi connectivity index (χ2v) is 8.22. The van der Waals surface area contributed by atoms with Gasteiger partial charge in [0.2, 0.25) is 10.0 Å². The van der Waals surface area contributed by atoms with Gasteiger partial charge in [0.05, 0.1) is 11.9 Å². The van der Waals surface area contributed by atoms with Crippen molar-refractivity contribution in [3.05, 3.63) is 0 Å². The second kappa shape index (κ2) is 4.96. The lowest BCUT2D eigenvalue weighted by Crippen LogP contribution is -2.82. The van der Waals surface area contributed by atoms with E-state index in [0.717, 1.165) is 12.8 Å². The highest BCUT2D eigenvalue weighted by Crippen LogP contribution is 2.57. The van der Waals surface area contributed by atoms with Crippen LogP contribution in [-0.4, -0.2) is 38.3 Å². The normalized spacial score (nSPS) is 35.8. The van der Waals surface area contributed by atoms with Gasteiger partial charge in [0.15, 0.2) is 0 Å². The number of nitrogens with two attached hydrogens (primary N) is 1. The number of amides is 1. The minimum Gasteiger partial charge on any atom is -0.377 e. The topological polar surface area (TPSA) is 98.5 Å². The molecule has 1 aliphatic heterocycles. The van der Waals surface area contributed by atoms with E-state index in [1.54, 1.807) is 6.92 Å². The molecule has 1 amide bonds. The molecule has 2 aliphatic rings. The highest BCUT2D eigenvalue weighted by Gasteiger charge is 2.70. The van der Waals surface area contributed by atoms with Gasteiger partial charge in [0, 0.05) is 17.9 Å². The third-order valence-electron chi connectivity index (χ3n) is 4.78. The predicted octanol–water partition coefficient (Wildman–Crippen LogP) is 0.375. The van der Waals surface area contributed by atoms with Crippen LogP contribution in [0.25, 0.3) is 0 Å². The van der Waals surface area contributed by atoms with Crippen molar-refractivity contribution in [3.8, 4) is 0 Å². The zero-order chi connectivity index (χ0) is 15.2. The molecule has 0 aromatic heterocycles. The number of rotatable bonds is 4. The smallest absolute Gasteiger partial charge is 0.254 e. The summed E-state index contributed by atoms with van der Waals surface area (Å²) in [6.45, 7) is 6.16. The molecule has 0 bridgehead atoms. The standard InChI is InChI=1S/C13H24N2O4S/c1-4-8-20(17,18)15-11(16)13(14)9-6-5-7-19-10(9)12(13,2)3/h9-10H,4-8,14H2,1-3H3,(H,15,16). The lowest BCUT2D eigenvalue weighted by molar-refractivity contribution is -0.224. The van der Waals surface area contributed by atoms with E-state index < -0.39 is 26.9 Å². The van der Waals surface area contributed by atoms with Gasteiger partial charge in [0.1, 0.15) is 5.54 Å². The molecule has 7 heteroatoms. The summed E-state index contributed by atoms with van der Waals surface area (Å²) in [5.74, 6) is -0.773. The van der Waals surface area contributed by atoms with Gasteiger partial charge in [-0.2, -0.15) is 0 Å². The lowest BCUT2D eigenvalue weighted by Gasteiger charge is -2.64. The molecular formula is C13H24N2O4S. The third kappa shape index (κ3) is 2.16. The van der Waals surface area contributed by atoms with Crippen LogP contribution in [0.15, 0.2) is 0 Å². The van der Waals surface area contributed by atoms with E-state index in [1.165, 1.54) is 0 Å². The molecule has 20 heavy (non-hydrogen) atoms. The molecule has 1 saturated carbocycles. The van der Waals surface area contributed by atoms with E-state index in [9.17, 15) is 13.2 Å². The first kappa shape index (κ1) is 15.7. The average Bonchev–Trinajstić information content (AvgIpc) is 2.36. The van der Waals surface area contributed by atoms with Crippen LogP contribution in [0.4, 0.5) is 0 Å². The maximum Gasteiger partial charge on any atom is 0.254 e. The molecule has 2 fully saturated rings. The summed E-state index contributed by atoms with van der Waals surface area (Å²) in [6, 6.07) is 0. The second-order valence-electron chi connectivity index (χ2n) is 6.38. The van der Waals surface area contributed by atoms with Gasteiger partial charge < -0.3 is 10.5 Å². The molecule has 0 aromatic carbocycles. The quantitative estimate of drug-likeness (QED) is 0.782. The molecular weight excluding hydrogens is 280 g/mol. The van der Waals surface area contributed by atoms with Gasteiger partial charge in [-0.1, -0.05) is 20.8 Å². The van der Waals surface area contributed by atoms with Crippen molar-refractivity contribution in [2.75, 3.05) is 12.4 Å². The Morgan fingerprint density at radius 2 is 2.10 bits per heavy atom. The minimum absolute atomic E-state index is 0.0686. The fourth-order valence-corrected chi connectivity index (χ4v) is 4.67. The van der Waals surface area contributed by atoms with Crippen LogP contribution in [0.5, 0.6) is 0 Å². The molecule has 0 aromatic rings. The Morgan fingerprint density at radius 1 is 1.45 bits per heavy atom. The summed E-state index contributed by atoms with van der Waals surface area (Å²) in [5.41, 5.74) is 4.58. The Morgan fingerprint density at radius 3 is 2.70 bits per heavy atom. The number of fused-ring (bicyclic) bond motifs is 1. The van der Waals surface area contributed by atoms with E-state index in [2.05, 4.69) is 4.72 Å². The number of carbonyl (C=O) groups excluding carboxylic acids is 1. The minimum atomic E-state index is -3.60. The molecule has 3 atom stereocenters. The zero-order valence-corrected chi connectivity index (χ0v) is 13.1. The number of carbonyl (C=O) groups is 1. The molecule has 3 N–H and O–H groups in total. The Labute approximate surface area is 120 Å². The summed E-state index contributed by atoms with van der Waals surface area (Å²) in [6.07, 6.45) is 2.04. The Hall–Kier alpha value is -0.660. The maximum absolute atomic E-state index is 12.4. The first-order chi connectivity index (χ1) is 9.17. The van der Waals surface area contributed by atoms with Crippen molar-refractivity contribution in [2.45, 2.75) is 51.7 Å². The van der Waals surface area contributed by atoms with Gasteiger partial charge in [0.25, 0.3) is 5.91 Å². The molecule has 0 spiro atoms. The first-order valence-corrected chi connectivity index (χ1v) is 8.77. The van der Waals surface area contributed by atoms with Crippen LogP contribution in [0.3, 0.4) is 0 Å². The third-order valence-corrected chi connectivity index (χ3v) is 6.22. The average molecular weight is 304 g/mol. The maximum atomic E-state index is 12.4. The Kier molecular flexibility index (Phi) is 3.90. The molecule has 0 radical (unpaired) electrons. The SMILES string of the molecule is CCCS(=O)(=O)NC(=O)C1(N)C2CCCOC2C1(C)C. The van der Waals surface area contributed by atoms with Crippen LogP contribution < -0.4 is 10.5 Å². The van der Waals surface area contributed by atoms with E-state index in [4.69, 9.17) is 10.5 Å².